The van der Waals surface area contributed by atoms with Crippen LogP contribution in [0.15, 0.2) is 72.9 Å². The minimum absolute atomic E-state index is 0.0207. The third kappa shape index (κ3) is 48.0. The maximum atomic E-state index is 13.2. The summed E-state index contributed by atoms with van der Waals surface area (Å²) in [6.07, 6.45) is 62.8. The van der Waals surface area contributed by atoms with E-state index in [0.717, 1.165) is 96.3 Å². The zero-order valence-electron chi connectivity index (χ0n) is 52.9. The molecule has 478 valence electrons. The van der Waals surface area contributed by atoms with Gasteiger partial charge in [-0.1, -0.05) is 267 Å². The maximum Gasteiger partial charge on any atom is 0.335 e. The first-order chi connectivity index (χ1) is 40.6. The van der Waals surface area contributed by atoms with Gasteiger partial charge in [0.15, 0.2) is 24.6 Å². The lowest BCUT2D eigenvalue weighted by Gasteiger charge is -2.40. The van der Waals surface area contributed by atoms with Crippen LogP contribution in [0.3, 0.4) is 0 Å². The van der Waals surface area contributed by atoms with Crippen LogP contribution < -0.4 is 0 Å². The summed E-state index contributed by atoms with van der Waals surface area (Å²) in [5, 5.41) is 31.6. The van der Waals surface area contributed by atoms with E-state index in [0.29, 0.717) is 19.3 Å². The molecule has 1 aliphatic rings. The van der Waals surface area contributed by atoms with Gasteiger partial charge in [0.2, 0.25) is 0 Å². The Morgan fingerprint density at radius 3 is 1.18 bits per heavy atom. The summed E-state index contributed by atoms with van der Waals surface area (Å²) in [6, 6.07) is 0. The van der Waals surface area contributed by atoms with Crippen LogP contribution in [0.4, 0.5) is 0 Å². The number of esters is 3. The van der Waals surface area contributed by atoms with Crippen LogP contribution in [0.1, 0.15) is 303 Å². The minimum atomic E-state index is -1.92. The number of carboxylic acid groups (broad SMARTS) is 1. The van der Waals surface area contributed by atoms with Gasteiger partial charge in [-0.05, 0) is 89.9 Å². The molecule has 1 rings (SSSR count). The lowest BCUT2D eigenvalue weighted by Crippen LogP contribution is -2.61. The van der Waals surface area contributed by atoms with Crippen LogP contribution in [0.25, 0.3) is 0 Å². The SMILES string of the molecule is CC/C=C\C/C=C\C/C=C\C/C=C\C/C=C\CCCCCC(=O)OC1C(OCC(COC(=O)CCCCCCCCC/C=C\CCCCCCCC)OC(=O)CCCCCCCCCCCCCCCCCCC)OC(C(=O)O)C(O)C1O. The fourth-order valence-corrected chi connectivity index (χ4v) is 10.1. The molecule has 0 aromatic heterocycles. The van der Waals surface area contributed by atoms with Crippen molar-refractivity contribution in [3.05, 3.63) is 72.9 Å². The van der Waals surface area contributed by atoms with Gasteiger partial charge in [0, 0.05) is 19.3 Å². The summed E-state index contributed by atoms with van der Waals surface area (Å²) in [5.74, 6) is -3.15. The van der Waals surface area contributed by atoms with Gasteiger partial charge in [-0.15, -0.1) is 0 Å². The molecule has 3 N–H and O–H groups in total. The maximum absolute atomic E-state index is 13.2. The number of aliphatic hydroxyl groups excluding tert-OH is 2. The number of hydrogen-bond acceptors (Lipinski definition) is 11. The molecule has 12 heteroatoms. The van der Waals surface area contributed by atoms with Crippen LogP contribution in [0.2, 0.25) is 0 Å². The van der Waals surface area contributed by atoms with Gasteiger partial charge >= 0.3 is 23.9 Å². The summed E-state index contributed by atoms with van der Waals surface area (Å²) in [6.45, 7) is 5.91. The Morgan fingerprint density at radius 1 is 0.410 bits per heavy atom. The molecule has 6 atom stereocenters. The highest BCUT2D eigenvalue weighted by Gasteiger charge is 2.50. The van der Waals surface area contributed by atoms with Gasteiger partial charge in [0.25, 0.3) is 0 Å². The number of rotatable bonds is 58. The molecule has 1 saturated heterocycles. The molecule has 0 spiro atoms. The number of ether oxygens (including phenoxy) is 5. The van der Waals surface area contributed by atoms with Crippen LogP contribution >= 0.6 is 0 Å². The van der Waals surface area contributed by atoms with Crippen molar-refractivity contribution in [2.45, 2.75) is 340 Å². The molecule has 1 heterocycles. The van der Waals surface area contributed by atoms with Crippen molar-refractivity contribution in [2.75, 3.05) is 13.2 Å². The number of carbonyl (C=O) groups excluding carboxylic acids is 3. The normalized spacial score (nSPS) is 18.0. The molecule has 0 saturated carbocycles. The Morgan fingerprint density at radius 2 is 0.759 bits per heavy atom. The summed E-state index contributed by atoms with van der Waals surface area (Å²) in [4.78, 5) is 51.4. The van der Waals surface area contributed by atoms with E-state index in [4.69, 9.17) is 23.7 Å². The summed E-state index contributed by atoms with van der Waals surface area (Å²) in [7, 11) is 0. The van der Waals surface area contributed by atoms with Crippen LogP contribution in [0.5, 0.6) is 0 Å². The predicted octanol–water partition coefficient (Wildman–Crippen LogP) is 18.5. The van der Waals surface area contributed by atoms with Crippen LogP contribution in [-0.4, -0.2) is 89.2 Å². The fourth-order valence-electron chi connectivity index (χ4n) is 10.1. The third-order valence-electron chi connectivity index (χ3n) is 15.3. The predicted molar refractivity (Wildman–Crippen MR) is 340 cm³/mol. The third-order valence-corrected chi connectivity index (χ3v) is 15.3. The summed E-state index contributed by atoms with van der Waals surface area (Å²) < 4.78 is 28.6. The Bertz CT molecular complexity index is 1720. The first-order valence-corrected chi connectivity index (χ1v) is 33.9. The van der Waals surface area contributed by atoms with E-state index in [-0.39, 0.29) is 25.9 Å². The van der Waals surface area contributed by atoms with Crippen molar-refractivity contribution in [3.63, 3.8) is 0 Å². The molecule has 0 amide bonds. The van der Waals surface area contributed by atoms with Crippen molar-refractivity contribution in [1.82, 2.24) is 0 Å². The Labute approximate surface area is 506 Å². The number of unbranched alkanes of at least 4 members (excludes halogenated alkanes) is 32. The van der Waals surface area contributed by atoms with E-state index >= 15 is 0 Å². The van der Waals surface area contributed by atoms with E-state index in [2.05, 4.69) is 93.7 Å². The van der Waals surface area contributed by atoms with Crippen molar-refractivity contribution in [3.8, 4) is 0 Å². The van der Waals surface area contributed by atoms with E-state index in [1.54, 1.807) is 0 Å². The highest BCUT2D eigenvalue weighted by molar-refractivity contribution is 5.74. The molecular weight excluding hydrogens is 1040 g/mol. The van der Waals surface area contributed by atoms with Crippen LogP contribution in [-0.2, 0) is 42.9 Å². The molecule has 0 aromatic carbocycles. The number of allylic oxidation sites excluding steroid dienone is 12. The molecule has 83 heavy (non-hydrogen) atoms. The number of carbonyl (C=O) groups is 4. The number of hydrogen-bond donors (Lipinski definition) is 3. The molecule has 0 aromatic rings. The average Bonchev–Trinajstić information content (AvgIpc) is 3.55. The van der Waals surface area contributed by atoms with E-state index < -0.39 is 67.3 Å². The van der Waals surface area contributed by atoms with Gasteiger partial charge < -0.3 is 39.0 Å². The summed E-state index contributed by atoms with van der Waals surface area (Å²) >= 11 is 0. The Hall–Kier alpha value is -3.84. The standard InChI is InChI=1S/C71H122O12/c1-4-7-10-13-16-19-22-25-28-31-32-35-38-41-44-47-50-53-56-59-65(74)82-69-67(76)66(75)68(70(77)78)83-71(69)80-61-62(81-64(73)58-55-52-49-46-43-40-37-34-30-27-24-21-18-15-12-9-6-3)60-79-63(72)57-54-51-48-45-42-39-36-33-29-26-23-20-17-14-11-8-5-2/h7,10,16,19,25-26,28-29,32,35,41,44,62,66-69,71,75-76H,4-6,8-9,11-15,17-18,20-24,27,30-31,33-34,36-40,42-43,45-61H2,1-3H3,(H,77,78)/b10-7-,19-16-,28-25-,29-26-,35-32-,44-41-. The molecule has 6 unspecified atom stereocenters. The van der Waals surface area contributed by atoms with Gasteiger partial charge in [-0.25, -0.2) is 4.79 Å². The lowest BCUT2D eigenvalue weighted by atomic mass is 9.98. The first-order valence-electron chi connectivity index (χ1n) is 33.9. The average molecular weight is 1170 g/mol. The number of aliphatic carboxylic acids is 1. The monoisotopic (exact) mass is 1170 g/mol. The topological polar surface area (TPSA) is 175 Å². The molecule has 12 nitrogen and oxygen atoms in total. The number of aliphatic hydroxyl groups is 2. The van der Waals surface area contributed by atoms with Gasteiger partial charge in [0.05, 0.1) is 6.61 Å². The largest absolute Gasteiger partial charge is 0.479 e. The molecule has 0 aliphatic carbocycles. The van der Waals surface area contributed by atoms with E-state index in [9.17, 15) is 34.5 Å². The van der Waals surface area contributed by atoms with E-state index in [1.807, 2.05) is 0 Å². The molecular formula is C71H122O12. The molecule has 0 bridgehead atoms. The quantitative estimate of drug-likeness (QED) is 0.0228. The fraction of sp³-hybridized carbons (Fsp3) is 0.775. The van der Waals surface area contributed by atoms with Crippen molar-refractivity contribution in [2.24, 2.45) is 0 Å². The molecule has 1 fully saturated rings. The second-order valence-electron chi connectivity index (χ2n) is 23.1. The Kier molecular flexibility index (Phi) is 54.4. The van der Waals surface area contributed by atoms with Gasteiger partial charge in [-0.2, -0.15) is 0 Å². The second kappa shape index (κ2) is 58.5. The minimum Gasteiger partial charge on any atom is -0.479 e. The highest BCUT2D eigenvalue weighted by atomic mass is 16.7. The van der Waals surface area contributed by atoms with Gasteiger partial charge in [0.1, 0.15) is 18.8 Å². The first kappa shape index (κ1) is 77.2. The lowest BCUT2D eigenvalue weighted by molar-refractivity contribution is -0.301. The summed E-state index contributed by atoms with van der Waals surface area (Å²) in [5.41, 5.74) is 0. The smallest absolute Gasteiger partial charge is 0.335 e. The number of carboxylic acids is 1. The highest BCUT2D eigenvalue weighted by Crippen LogP contribution is 2.27. The zero-order valence-corrected chi connectivity index (χ0v) is 52.9. The van der Waals surface area contributed by atoms with Crippen molar-refractivity contribution >= 4 is 23.9 Å². The van der Waals surface area contributed by atoms with Crippen LogP contribution in [0, 0.1) is 0 Å². The zero-order chi connectivity index (χ0) is 60.3. The molecule has 1 aliphatic heterocycles. The van der Waals surface area contributed by atoms with E-state index in [1.165, 1.54) is 148 Å². The van der Waals surface area contributed by atoms with Crippen molar-refractivity contribution in [1.29, 1.82) is 0 Å². The second-order valence-corrected chi connectivity index (χ2v) is 23.1. The van der Waals surface area contributed by atoms with Crippen molar-refractivity contribution < 1.29 is 58.2 Å². The molecule has 0 radical (unpaired) electrons. The Balaban J connectivity index is 2.67. The van der Waals surface area contributed by atoms with Gasteiger partial charge in [-0.3, -0.25) is 14.4 Å².